The summed E-state index contributed by atoms with van der Waals surface area (Å²) in [4.78, 5) is 31.0. The normalized spacial score (nSPS) is 18.6. The Morgan fingerprint density at radius 3 is 2.46 bits per heavy atom. The zero-order chi connectivity index (χ0) is 29.0. The maximum absolute atomic E-state index is 13.4. The number of rotatable bonds is 3. The number of pyridine rings is 1. The zero-order valence-electron chi connectivity index (χ0n) is 22.0. The summed E-state index contributed by atoms with van der Waals surface area (Å²) in [5.74, 6) is -0.977. The van der Waals surface area contributed by atoms with E-state index >= 15 is 0 Å². The molecule has 0 saturated heterocycles. The highest BCUT2D eigenvalue weighted by Gasteiger charge is 2.45. The van der Waals surface area contributed by atoms with E-state index in [-0.39, 0.29) is 24.3 Å². The minimum atomic E-state index is -4.63. The number of nitrogens with one attached hydrogen (secondary N) is 2. The van der Waals surface area contributed by atoms with Gasteiger partial charge in [0.15, 0.2) is 0 Å². The lowest BCUT2D eigenvalue weighted by Gasteiger charge is -2.22. The summed E-state index contributed by atoms with van der Waals surface area (Å²) in [6.07, 6.45) is 0.753. The largest absolute Gasteiger partial charge is 0.493 e. The van der Waals surface area contributed by atoms with Crippen molar-refractivity contribution in [2.24, 2.45) is 0 Å². The summed E-state index contributed by atoms with van der Waals surface area (Å²) < 4.78 is 51.9. The lowest BCUT2D eigenvalue weighted by Crippen LogP contribution is -2.51. The molecule has 2 aromatic carbocycles. The SMILES string of the molecule is N#CC1(NC(=O)[C@@H]2Cc3ccc(c(-c4cccnc4)c3)OCCCCOc3cc(C(F)(F)F)ccc3C(=O)N2)CC1. The first-order valence-electron chi connectivity index (χ1n) is 13.2. The molecule has 3 aliphatic rings. The maximum Gasteiger partial charge on any atom is 0.416 e. The second kappa shape index (κ2) is 11.5. The van der Waals surface area contributed by atoms with Crippen LogP contribution >= 0.6 is 0 Å². The molecule has 0 radical (unpaired) electrons. The van der Waals surface area contributed by atoms with Crippen molar-refractivity contribution in [2.45, 2.75) is 49.9 Å². The van der Waals surface area contributed by atoms with Gasteiger partial charge in [-0.3, -0.25) is 14.6 Å². The molecule has 8 nitrogen and oxygen atoms in total. The standard InChI is InChI=1S/C30H27F3N4O4/c31-30(32,33)21-6-7-22-26(16-21)41-13-2-1-12-40-25-8-5-19(14-23(25)20-4-3-11-35-17-20)15-24(36-27(22)38)28(39)37-29(18-34)9-10-29/h3-8,11,14,16-17,24H,1-2,9-10,12-13,15H2,(H,36,38)(H,37,39)/t24-/m0/s1. The number of carbonyl (C=O) groups excluding carboxylic acids is 2. The number of ether oxygens (including phenoxy) is 2. The van der Waals surface area contributed by atoms with E-state index in [0.29, 0.717) is 43.6 Å². The van der Waals surface area contributed by atoms with Gasteiger partial charge in [0, 0.05) is 29.9 Å². The molecule has 3 heterocycles. The number of nitrogens with zero attached hydrogens (tertiary/aromatic N) is 2. The molecule has 1 aliphatic carbocycles. The number of carbonyl (C=O) groups is 2. The summed E-state index contributed by atoms with van der Waals surface area (Å²) in [6, 6.07) is 12.7. The number of hydrogen-bond donors (Lipinski definition) is 2. The molecule has 1 aromatic heterocycles. The molecule has 1 saturated carbocycles. The van der Waals surface area contributed by atoms with Crippen LogP contribution in [0.25, 0.3) is 11.1 Å². The number of aromatic nitrogens is 1. The Morgan fingerprint density at radius 2 is 1.80 bits per heavy atom. The lowest BCUT2D eigenvalue weighted by atomic mass is 9.98. The summed E-state index contributed by atoms with van der Waals surface area (Å²) >= 11 is 0. The van der Waals surface area contributed by atoms with Crippen LogP contribution in [0.15, 0.2) is 60.9 Å². The Bertz CT molecular complexity index is 1480. The van der Waals surface area contributed by atoms with Crippen molar-refractivity contribution in [1.29, 1.82) is 5.26 Å². The summed E-state index contributed by atoms with van der Waals surface area (Å²) in [5, 5.41) is 14.9. The Balaban J connectivity index is 1.52. The van der Waals surface area contributed by atoms with E-state index < -0.39 is 35.1 Å². The molecule has 0 unspecified atom stereocenters. The molecule has 41 heavy (non-hydrogen) atoms. The molecule has 2 amide bonds. The van der Waals surface area contributed by atoms with Gasteiger partial charge in [-0.15, -0.1) is 0 Å². The number of amides is 2. The number of fused-ring (bicyclic) bond motifs is 10. The number of nitriles is 1. The van der Waals surface area contributed by atoms with Crippen molar-refractivity contribution in [3.05, 3.63) is 77.6 Å². The molecule has 1 fully saturated rings. The molecule has 212 valence electrons. The topological polar surface area (TPSA) is 113 Å². The first kappa shape index (κ1) is 28.0. The fourth-order valence-electron chi connectivity index (χ4n) is 4.55. The van der Waals surface area contributed by atoms with Crippen molar-refractivity contribution in [1.82, 2.24) is 15.6 Å². The van der Waals surface area contributed by atoms with Gasteiger partial charge in [-0.2, -0.15) is 18.4 Å². The number of benzene rings is 2. The van der Waals surface area contributed by atoms with E-state index in [1.165, 1.54) is 0 Å². The fraction of sp³-hybridized carbons (Fsp3) is 0.333. The van der Waals surface area contributed by atoms with Gasteiger partial charge in [-0.25, -0.2) is 0 Å². The number of hydrogen-bond acceptors (Lipinski definition) is 6. The van der Waals surface area contributed by atoms with Crippen LogP contribution in [-0.2, 0) is 17.4 Å². The predicted octanol–water partition coefficient (Wildman–Crippen LogP) is 4.83. The van der Waals surface area contributed by atoms with E-state index in [4.69, 9.17) is 9.47 Å². The zero-order valence-corrected chi connectivity index (χ0v) is 22.0. The molecule has 2 N–H and O–H groups in total. The molecule has 11 heteroatoms. The van der Waals surface area contributed by atoms with E-state index in [2.05, 4.69) is 21.7 Å². The third-order valence-electron chi connectivity index (χ3n) is 7.01. The van der Waals surface area contributed by atoms with Gasteiger partial charge >= 0.3 is 6.18 Å². The minimum Gasteiger partial charge on any atom is -0.493 e. The second-order valence-corrected chi connectivity index (χ2v) is 10.1. The highest BCUT2D eigenvalue weighted by Crippen LogP contribution is 2.36. The lowest BCUT2D eigenvalue weighted by molar-refractivity contribution is -0.137. The van der Waals surface area contributed by atoms with Crippen LogP contribution in [0.3, 0.4) is 0 Å². The average molecular weight is 565 g/mol. The highest BCUT2D eigenvalue weighted by molar-refractivity contribution is 6.00. The smallest absolute Gasteiger partial charge is 0.416 e. The number of alkyl halides is 3. The van der Waals surface area contributed by atoms with E-state index in [9.17, 15) is 28.0 Å². The van der Waals surface area contributed by atoms with Crippen LogP contribution < -0.4 is 20.1 Å². The molecule has 3 aromatic rings. The van der Waals surface area contributed by atoms with Crippen LogP contribution in [0, 0.1) is 11.3 Å². The summed E-state index contributed by atoms with van der Waals surface area (Å²) in [7, 11) is 0. The van der Waals surface area contributed by atoms with E-state index in [1.807, 2.05) is 12.1 Å². The maximum atomic E-state index is 13.4. The minimum absolute atomic E-state index is 0.0451. The third-order valence-corrected chi connectivity index (χ3v) is 7.01. The monoisotopic (exact) mass is 564 g/mol. The van der Waals surface area contributed by atoms with Gasteiger partial charge in [-0.1, -0.05) is 12.1 Å². The molecule has 2 bridgehead atoms. The fourth-order valence-corrected chi connectivity index (χ4v) is 4.55. The highest BCUT2D eigenvalue weighted by atomic mass is 19.4. The van der Waals surface area contributed by atoms with Gasteiger partial charge in [0.05, 0.1) is 30.4 Å². The molecule has 0 spiro atoms. The van der Waals surface area contributed by atoms with E-state index in [1.54, 1.807) is 30.6 Å². The van der Waals surface area contributed by atoms with Gasteiger partial charge in [0.25, 0.3) is 5.91 Å². The van der Waals surface area contributed by atoms with Gasteiger partial charge in [0.2, 0.25) is 5.91 Å². The number of halogens is 3. The quantitative estimate of drug-likeness (QED) is 0.471. The first-order chi connectivity index (χ1) is 19.7. The van der Waals surface area contributed by atoms with Crippen molar-refractivity contribution < 1.29 is 32.2 Å². The Labute approximate surface area is 234 Å². The van der Waals surface area contributed by atoms with Crippen molar-refractivity contribution in [3.8, 4) is 28.7 Å². The average Bonchev–Trinajstić information content (AvgIpc) is 3.74. The van der Waals surface area contributed by atoms with Crippen LogP contribution in [0.5, 0.6) is 11.5 Å². The van der Waals surface area contributed by atoms with Crippen LogP contribution in [0.4, 0.5) is 13.2 Å². The first-order valence-corrected chi connectivity index (χ1v) is 13.2. The predicted molar refractivity (Wildman–Crippen MR) is 142 cm³/mol. The molecule has 1 atom stereocenters. The second-order valence-electron chi connectivity index (χ2n) is 10.1. The molecule has 2 aliphatic heterocycles. The molecular formula is C30H27F3N4O4. The Morgan fingerprint density at radius 1 is 1.05 bits per heavy atom. The van der Waals surface area contributed by atoms with Crippen molar-refractivity contribution in [3.63, 3.8) is 0 Å². The van der Waals surface area contributed by atoms with Crippen molar-refractivity contribution >= 4 is 11.8 Å². The van der Waals surface area contributed by atoms with E-state index in [0.717, 1.165) is 29.3 Å². The van der Waals surface area contributed by atoms with Crippen LogP contribution in [-0.4, -0.2) is 41.6 Å². The van der Waals surface area contributed by atoms with Gasteiger partial charge in [-0.05, 0) is 67.6 Å². The Kier molecular flexibility index (Phi) is 7.83. The van der Waals surface area contributed by atoms with Gasteiger partial charge in [0.1, 0.15) is 23.1 Å². The van der Waals surface area contributed by atoms with Crippen LogP contribution in [0.2, 0.25) is 0 Å². The summed E-state index contributed by atoms with van der Waals surface area (Å²) in [5.41, 5.74) is 0.169. The third kappa shape index (κ3) is 6.60. The summed E-state index contributed by atoms with van der Waals surface area (Å²) in [6.45, 7) is 0.376. The van der Waals surface area contributed by atoms with Gasteiger partial charge < -0.3 is 20.1 Å². The molecule has 6 rings (SSSR count). The van der Waals surface area contributed by atoms with Crippen LogP contribution in [0.1, 0.15) is 47.2 Å². The van der Waals surface area contributed by atoms with Crippen molar-refractivity contribution in [2.75, 3.05) is 13.2 Å². The molecular weight excluding hydrogens is 537 g/mol. The Hall–Kier alpha value is -4.59.